The van der Waals surface area contributed by atoms with E-state index in [2.05, 4.69) is 26.3 Å². The average Bonchev–Trinajstić information content (AvgIpc) is 2.10. The van der Waals surface area contributed by atoms with Crippen LogP contribution in [0.15, 0.2) is 27.7 Å². The number of aliphatic imine (C=N–C) groups is 1. The third-order valence-electron chi connectivity index (χ3n) is 1.55. The number of amidine groups is 1. The molecule has 0 amide bonds. The Morgan fingerprint density at radius 3 is 2.77 bits per heavy atom. The van der Waals surface area contributed by atoms with E-state index >= 15 is 0 Å². The van der Waals surface area contributed by atoms with Gasteiger partial charge in [-0.3, -0.25) is 4.99 Å². The largest absolute Gasteiger partial charge is 0.308 e. The van der Waals surface area contributed by atoms with Gasteiger partial charge in [-0.05, 0) is 18.2 Å². The summed E-state index contributed by atoms with van der Waals surface area (Å²) in [5.41, 5.74) is 3.27. The fraction of sp³-hybridized carbons (Fsp3) is 0.125. The predicted octanol–water partition coefficient (Wildman–Crippen LogP) is 1.94. The smallest absolute Gasteiger partial charge is 0.143 e. The minimum absolute atomic E-state index is 0.567. The van der Waals surface area contributed by atoms with Crippen LogP contribution in [0, 0.1) is 0 Å². The van der Waals surface area contributed by atoms with Crippen molar-refractivity contribution < 1.29 is 0 Å². The van der Waals surface area contributed by atoms with Gasteiger partial charge in [0.25, 0.3) is 0 Å². The molecule has 3 N–H and O–H groups in total. The number of hydrazine groups is 1. The Balaban J connectivity index is 3.15. The molecule has 0 bridgehead atoms. The molecule has 0 aliphatic rings. The SMILES string of the molecule is CN=C(NN)c1ccc(Br)cc1Cl. The molecule has 70 valence electrons. The zero-order chi connectivity index (χ0) is 9.84. The molecule has 0 atom stereocenters. The van der Waals surface area contributed by atoms with Gasteiger partial charge in [0.1, 0.15) is 5.84 Å². The van der Waals surface area contributed by atoms with Gasteiger partial charge in [0.05, 0.1) is 5.02 Å². The van der Waals surface area contributed by atoms with Crippen LogP contribution in [-0.4, -0.2) is 12.9 Å². The number of nitrogens with zero attached hydrogens (tertiary/aromatic N) is 1. The molecule has 1 aromatic rings. The summed E-state index contributed by atoms with van der Waals surface area (Å²) in [6.07, 6.45) is 0. The van der Waals surface area contributed by atoms with E-state index in [0.717, 1.165) is 10.0 Å². The first kappa shape index (κ1) is 10.5. The number of halogens is 2. The molecular weight excluding hydrogens is 253 g/mol. The van der Waals surface area contributed by atoms with Crippen molar-refractivity contribution in [1.82, 2.24) is 5.43 Å². The van der Waals surface area contributed by atoms with Gasteiger partial charge in [0.15, 0.2) is 0 Å². The van der Waals surface area contributed by atoms with E-state index in [9.17, 15) is 0 Å². The van der Waals surface area contributed by atoms with E-state index < -0.39 is 0 Å². The topological polar surface area (TPSA) is 50.4 Å². The third kappa shape index (κ3) is 2.43. The monoisotopic (exact) mass is 261 g/mol. The molecule has 3 nitrogen and oxygen atoms in total. The normalized spacial score (nSPS) is 11.5. The molecule has 0 saturated carbocycles. The Morgan fingerprint density at radius 1 is 1.62 bits per heavy atom. The second-order valence-corrected chi connectivity index (χ2v) is 3.66. The van der Waals surface area contributed by atoms with Crippen molar-refractivity contribution in [2.24, 2.45) is 10.8 Å². The van der Waals surface area contributed by atoms with Gasteiger partial charge in [-0.15, -0.1) is 0 Å². The summed E-state index contributed by atoms with van der Waals surface area (Å²) in [6, 6.07) is 5.51. The summed E-state index contributed by atoms with van der Waals surface area (Å²) < 4.78 is 0.925. The van der Waals surface area contributed by atoms with Crippen molar-refractivity contribution in [2.75, 3.05) is 7.05 Å². The highest BCUT2D eigenvalue weighted by atomic mass is 79.9. The van der Waals surface area contributed by atoms with Gasteiger partial charge in [-0.25, -0.2) is 5.84 Å². The summed E-state index contributed by atoms with van der Waals surface area (Å²) in [5.74, 6) is 5.84. The van der Waals surface area contributed by atoms with Crippen LogP contribution in [0.3, 0.4) is 0 Å². The molecular formula is C8H9BrClN3. The second kappa shape index (κ2) is 4.60. The Morgan fingerprint density at radius 2 is 2.31 bits per heavy atom. The third-order valence-corrected chi connectivity index (χ3v) is 2.35. The summed E-state index contributed by atoms with van der Waals surface area (Å²) in [7, 11) is 1.65. The van der Waals surface area contributed by atoms with Crippen LogP contribution in [-0.2, 0) is 0 Å². The first-order valence-electron chi connectivity index (χ1n) is 3.58. The summed E-state index contributed by atoms with van der Waals surface area (Å²) >= 11 is 9.29. The van der Waals surface area contributed by atoms with Crippen LogP contribution in [0.5, 0.6) is 0 Å². The molecule has 13 heavy (non-hydrogen) atoms. The van der Waals surface area contributed by atoms with E-state index in [0.29, 0.717) is 10.9 Å². The lowest BCUT2D eigenvalue weighted by atomic mass is 10.2. The Hall–Kier alpha value is -0.580. The number of hydrogen-bond acceptors (Lipinski definition) is 2. The Kier molecular flexibility index (Phi) is 3.71. The predicted molar refractivity (Wildman–Crippen MR) is 58.9 cm³/mol. The quantitative estimate of drug-likeness (QED) is 0.352. The lowest BCUT2D eigenvalue weighted by Crippen LogP contribution is -2.31. The minimum Gasteiger partial charge on any atom is -0.308 e. The van der Waals surface area contributed by atoms with E-state index in [-0.39, 0.29) is 0 Å². The van der Waals surface area contributed by atoms with Crippen molar-refractivity contribution in [3.8, 4) is 0 Å². The van der Waals surface area contributed by atoms with Gasteiger partial charge in [-0.1, -0.05) is 27.5 Å². The lowest BCUT2D eigenvalue weighted by molar-refractivity contribution is 1.02. The van der Waals surface area contributed by atoms with Gasteiger partial charge >= 0.3 is 0 Å². The molecule has 0 aliphatic heterocycles. The second-order valence-electron chi connectivity index (χ2n) is 2.34. The summed E-state index contributed by atoms with van der Waals surface area (Å²) in [6.45, 7) is 0. The molecule has 0 aromatic heterocycles. The van der Waals surface area contributed by atoms with Gasteiger partial charge in [0, 0.05) is 17.1 Å². The molecule has 1 aromatic carbocycles. The van der Waals surface area contributed by atoms with E-state index in [1.165, 1.54) is 0 Å². The maximum Gasteiger partial charge on any atom is 0.143 e. The Labute approximate surface area is 90.1 Å². The average molecular weight is 263 g/mol. The van der Waals surface area contributed by atoms with Crippen molar-refractivity contribution in [2.45, 2.75) is 0 Å². The van der Waals surface area contributed by atoms with Crippen molar-refractivity contribution in [3.05, 3.63) is 33.3 Å². The molecule has 0 spiro atoms. The molecule has 0 aliphatic carbocycles. The molecule has 0 radical (unpaired) electrons. The summed E-state index contributed by atoms with van der Waals surface area (Å²) in [4.78, 5) is 3.95. The van der Waals surface area contributed by atoms with Crippen LogP contribution in [0.1, 0.15) is 5.56 Å². The molecule has 0 saturated heterocycles. The number of nitrogens with one attached hydrogen (secondary N) is 1. The number of benzene rings is 1. The molecule has 5 heteroatoms. The van der Waals surface area contributed by atoms with Gasteiger partial charge in [-0.2, -0.15) is 0 Å². The summed E-state index contributed by atoms with van der Waals surface area (Å²) in [5, 5.41) is 0.605. The highest BCUT2D eigenvalue weighted by molar-refractivity contribution is 9.10. The first-order chi connectivity index (χ1) is 6.19. The molecule has 0 heterocycles. The fourth-order valence-corrected chi connectivity index (χ4v) is 1.71. The maximum absolute atomic E-state index is 5.98. The van der Waals surface area contributed by atoms with Crippen LogP contribution < -0.4 is 11.3 Å². The zero-order valence-corrected chi connectivity index (χ0v) is 9.35. The lowest BCUT2D eigenvalue weighted by Gasteiger charge is -2.06. The highest BCUT2D eigenvalue weighted by Crippen LogP contribution is 2.21. The van der Waals surface area contributed by atoms with E-state index in [4.69, 9.17) is 17.4 Å². The Bertz CT molecular complexity index is 338. The van der Waals surface area contributed by atoms with Crippen molar-refractivity contribution in [3.63, 3.8) is 0 Å². The highest BCUT2D eigenvalue weighted by Gasteiger charge is 2.05. The molecule has 0 fully saturated rings. The number of rotatable bonds is 1. The minimum atomic E-state index is 0.567. The van der Waals surface area contributed by atoms with Crippen LogP contribution in [0.2, 0.25) is 5.02 Å². The standard InChI is InChI=1S/C8H9BrClN3/c1-12-8(13-11)6-3-2-5(9)4-7(6)10/h2-4H,11H2,1H3,(H,12,13). The maximum atomic E-state index is 5.98. The van der Waals surface area contributed by atoms with Crippen molar-refractivity contribution >= 4 is 33.4 Å². The van der Waals surface area contributed by atoms with E-state index in [1.807, 2.05) is 12.1 Å². The van der Waals surface area contributed by atoms with Gasteiger partial charge in [0.2, 0.25) is 0 Å². The molecule has 1 rings (SSSR count). The fourth-order valence-electron chi connectivity index (χ4n) is 0.944. The van der Waals surface area contributed by atoms with Gasteiger partial charge < -0.3 is 5.43 Å². The van der Waals surface area contributed by atoms with Crippen LogP contribution in [0.25, 0.3) is 0 Å². The van der Waals surface area contributed by atoms with E-state index in [1.54, 1.807) is 13.1 Å². The van der Waals surface area contributed by atoms with Crippen LogP contribution in [0.4, 0.5) is 0 Å². The zero-order valence-electron chi connectivity index (χ0n) is 7.01. The first-order valence-corrected chi connectivity index (χ1v) is 4.75. The van der Waals surface area contributed by atoms with Crippen LogP contribution >= 0.6 is 27.5 Å². The van der Waals surface area contributed by atoms with Crippen molar-refractivity contribution in [1.29, 1.82) is 0 Å². The number of hydrogen-bond donors (Lipinski definition) is 2. The molecule has 0 unspecified atom stereocenters. The number of nitrogens with two attached hydrogens (primary N) is 1.